The SMILES string of the molecule is CCCCC(CC)COC(=O)CSC(=S)OC1CC(C(=O)N2CCOCC2)C1. The van der Waals surface area contributed by atoms with E-state index >= 15 is 0 Å². The van der Waals surface area contributed by atoms with Crippen molar-refractivity contribution >= 4 is 40.2 Å². The maximum absolute atomic E-state index is 12.4. The number of esters is 1. The van der Waals surface area contributed by atoms with E-state index in [1.54, 1.807) is 0 Å². The summed E-state index contributed by atoms with van der Waals surface area (Å²) in [6.07, 6.45) is 5.80. The Labute approximate surface area is 178 Å². The highest BCUT2D eigenvalue weighted by molar-refractivity contribution is 8.23. The zero-order chi connectivity index (χ0) is 20.4. The van der Waals surface area contributed by atoms with Gasteiger partial charge in [-0.25, -0.2) is 0 Å². The molecule has 28 heavy (non-hydrogen) atoms. The number of ether oxygens (including phenoxy) is 3. The van der Waals surface area contributed by atoms with Gasteiger partial charge < -0.3 is 19.1 Å². The topological polar surface area (TPSA) is 65.1 Å². The third kappa shape index (κ3) is 7.87. The lowest BCUT2D eigenvalue weighted by Crippen LogP contribution is -2.48. The largest absolute Gasteiger partial charge is 0.475 e. The molecule has 1 saturated heterocycles. The number of carbonyl (C=O) groups excluding carboxylic acids is 2. The number of carbonyl (C=O) groups is 2. The van der Waals surface area contributed by atoms with Gasteiger partial charge in [0.1, 0.15) is 6.10 Å². The molecule has 0 aromatic carbocycles. The van der Waals surface area contributed by atoms with Crippen molar-refractivity contribution in [3.05, 3.63) is 0 Å². The Morgan fingerprint density at radius 1 is 1.25 bits per heavy atom. The van der Waals surface area contributed by atoms with Crippen LogP contribution in [0.15, 0.2) is 0 Å². The highest BCUT2D eigenvalue weighted by atomic mass is 32.2. The van der Waals surface area contributed by atoms with Crippen LogP contribution in [0, 0.1) is 11.8 Å². The molecule has 0 aromatic rings. The summed E-state index contributed by atoms with van der Waals surface area (Å²) in [5.74, 6) is 0.577. The molecule has 1 atom stereocenters. The van der Waals surface area contributed by atoms with Gasteiger partial charge >= 0.3 is 5.97 Å². The fourth-order valence-electron chi connectivity index (χ4n) is 3.34. The summed E-state index contributed by atoms with van der Waals surface area (Å²) in [6, 6.07) is 0. The second-order valence-electron chi connectivity index (χ2n) is 7.48. The van der Waals surface area contributed by atoms with E-state index in [4.69, 9.17) is 26.4 Å². The van der Waals surface area contributed by atoms with Crippen LogP contribution >= 0.6 is 24.0 Å². The predicted octanol–water partition coefficient (Wildman–Crippen LogP) is 3.42. The molecule has 160 valence electrons. The highest BCUT2D eigenvalue weighted by Crippen LogP contribution is 2.33. The van der Waals surface area contributed by atoms with Crippen LogP contribution in [0.4, 0.5) is 0 Å². The van der Waals surface area contributed by atoms with Gasteiger partial charge in [0.25, 0.3) is 0 Å². The van der Waals surface area contributed by atoms with Crippen molar-refractivity contribution in [1.82, 2.24) is 4.90 Å². The lowest BCUT2D eigenvalue weighted by atomic mass is 9.81. The summed E-state index contributed by atoms with van der Waals surface area (Å²) in [5.41, 5.74) is 0. The second kappa shape index (κ2) is 12.6. The molecule has 1 aliphatic carbocycles. The number of nitrogens with zero attached hydrogens (tertiary/aromatic N) is 1. The van der Waals surface area contributed by atoms with Crippen molar-refractivity contribution in [1.29, 1.82) is 0 Å². The van der Waals surface area contributed by atoms with Crippen LogP contribution in [0.3, 0.4) is 0 Å². The van der Waals surface area contributed by atoms with Crippen molar-refractivity contribution in [2.75, 3.05) is 38.7 Å². The average molecular weight is 432 g/mol. The minimum atomic E-state index is -0.250. The Morgan fingerprint density at radius 2 is 1.96 bits per heavy atom. The Kier molecular flexibility index (Phi) is 10.6. The molecular weight excluding hydrogens is 398 g/mol. The zero-order valence-electron chi connectivity index (χ0n) is 17.0. The first-order valence-electron chi connectivity index (χ1n) is 10.4. The summed E-state index contributed by atoms with van der Waals surface area (Å²) in [5, 5.41) is 0. The smallest absolute Gasteiger partial charge is 0.316 e. The van der Waals surface area contributed by atoms with Gasteiger partial charge in [-0.2, -0.15) is 0 Å². The van der Waals surface area contributed by atoms with Crippen molar-refractivity contribution in [2.45, 2.75) is 58.5 Å². The van der Waals surface area contributed by atoms with Crippen molar-refractivity contribution in [3.8, 4) is 0 Å². The Hall–Kier alpha value is -0.860. The second-order valence-corrected chi connectivity index (χ2v) is 9.06. The van der Waals surface area contributed by atoms with E-state index in [0.29, 0.717) is 56.1 Å². The lowest BCUT2D eigenvalue weighted by Gasteiger charge is -2.38. The monoisotopic (exact) mass is 431 g/mol. The van der Waals surface area contributed by atoms with Gasteiger partial charge in [-0.3, -0.25) is 9.59 Å². The summed E-state index contributed by atoms with van der Waals surface area (Å²) in [4.78, 5) is 26.1. The predicted molar refractivity (Wildman–Crippen MR) is 114 cm³/mol. The third-order valence-corrected chi connectivity index (χ3v) is 6.52. The molecule has 1 amide bonds. The maximum Gasteiger partial charge on any atom is 0.316 e. The Bertz CT molecular complexity index is 519. The summed E-state index contributed by atoms with van der Waals surface area (Å²) in [6.45, 7) is 7.36. The van der Waals surface area contributed by atoms with E-state index in [-0.39, 0.29) is 29.7 Å². The third-order valence-electron chi connectivity index (χ3n) is 5.36. The van der Waals surface area contributed by atoms with E-state index in [0.717, 1.165) is 19.3 Å². The fraction of sp³-hybridized carbons (Fsp3) is 0.850. The Balaban J connectivity index is 1.55. The highest BCUT2D eigenvalue weighted by Gasteiger charge is 2.39. The molecule has 2 aliphatic rings. The van der Waals surface area contributed by atoms with Crippen LogP contribution in [-0.2, 0) is 23.8 Å². The van der Waals surface area contributed by atoms with Crippen molar-refractivity contribution < 1.29 is 23.8 Å². The van der Waals surface area contributed by atoms with E-state index in [1.807, 2.05) is 4.90 Å². The minimum Gasteiger partial charge on any atom is -0.475 e. The molecule has 1 unspecified atom stereocenters. The van der Waals surface area contributed by atoms with Gasteiger partial charge in [0, 0.05) is 19.0 Å². The van der Waals surface area contributed by atoms with Gasteiger partial charge in [0.15, 0.2) is 0 Å². The molecular formula is C20H33NO5S2. The number of hydrogen-bond acceptors (Lipinski definition) is 7. The standard InChI is InChI=1S/C20H33NO5S2/c1-3-5-6-15(4-2)13-25-18(22)14-28-20(27)26-17-11-16(12-17)19(23)21-7-9-24-10-8-21/h15-17H,3-14H2,1-2H3. The molecule has 1 saturated carbocycles. The van der Waals surface area contributed by atoms with Crippen molar-refractivity contribution in [3.63, 3.8) is 0 Å². The molecule has 0 radical (unpaired) electrons. The van der Waals surface area contributed by atoms with Crippen LogP contribution in [0.2, 0.25) is 0 Å². The van der Waals surface area contributed by atoms with Crippen molar-refractivity contribution in [2.24, 2.45) is 11.8 Å². The first-order chi connectivity index (χ1) is 13.5. The summed E-state index contributed by atoms with van der Waals surface area (Å²) in [7, 11) is 0. The van der Waals surface area contributed by atoms with Gasteiger partial charge in [0.2, 0.25) is 10.3 Å². The van der Waals surface area contributed by atoms with Crippen LogP contribution in [0.25, 0.3) is 0 Å². The molecule has 6 nitrogen and oxygen atoms in total. The molecule has 1 heterocycles. The number of amides is 1. The van der Waals surface area contributed by atoms with Gasteiger partial charge in [-0.15, -0.1) is 0 Å². The van der Waals surface area contributed by atoms with E-state index < -0.39 is 0 Å². The van der Waals surface area contributed by atoms with Gasteiger partial charge in [-0.05, 0) is 37.4 Å². The molecule has 8 heteroatoms. The number of thiocarbonyl (C=S) groups is 1. The molecule has 2 rings (SSSR count). The average Bonchev–Trinajstić information content (AvgIpc) is 2.69. The normalized spacial score (nSPS) is 22.9. The van der Waals surface area contributed by atoms with Crippen LogP contribution in [0.5, 0.6) is 0 Å². The van der Waals surface area contributed by atoms with E-state index in [2.05, 4.69) is 13.8 Å². The van der Waals surface area contributed by atoms with Crippen LogP contribution in [-0.4, -0.2) is 65.9 Å². The first kappa shape index (κ1) is 23.4. The Morgan fingerprint density at radius 3 is 2.61 bits per heavy atom. The number of morpholine rings is 1. The number of thioether (sulfide) groups is 1. The number of unbranched alkanes of at least 4 members (excludes halogenated alkanes) is 1. The molecule has 1 aliphatic heterocycles. The summed E-state index contributed by atoms with van der Waals surface area (Å²) >= 11 is 6.42. The van der Waals surface area contributed by atoms with Crippen LogP contribution < -0.4 is 0 Å². The number of hydrogen-bond donors (Lipinski definition) is 0. The van der Waals surface area contributed by atoms with Crippen LogP contribution in [0.1, 0.15) is 52.4 Å². The van der Waals surface area contributed by atoms with E-state index in [1.165, 1.54) is 18.2 Å². The van der Waals surface area contributed by atoms with Gasteiger partial charge in [-0.1, -0.05) is 44.9 Å². The fourth-order valence-corrected chi connectivity index (χ4v) is 4.18. The molecule has 0 spiro atoms. The zero-order valence-corrected chi connectivity index (χ0v) is 18.7. The quantitative estimate of drug-likeness (QED) is 0.388. The molecule has 0 aromatic heterocycles. The van der Waals surface area contributed by atoms with Gasteiger partial charge in [0.05, 0.1) is 25.6 Å². The maximum atomic E-state index is 12.4. The summed E-state index contributed by atoms with van der Waals surface area (Å²) < 4.78 is 16.7. The first-order valence-corrected chi connectivity index (χ1v) is 11.8. The number of rotatable bonds is 10. The molecule has 0 bridgehead atoms. The van der Waals surface area contributed by atoms with E-state index in [9.17, 15) is 9.59 Å². The molecule has 2 fully saturated rings. The lowest BCUT2D eigenvalue weighted by molar-refractivity contribution is -0.145. The minimum absolute atomic E-state index is 0.0231. The molecule has 0 N–H and O–H groups in total.